The SMILES string of the molecule is CCS(=O)(=O)NCC(c1ccc(N(C)C)cc1)N1CCCCC1. The molecule has 0 bridgehead atoms. The highest BCUT2D eigenvalue weighted by molar-refractivity contribution is 7.89. The monoisotopic (exact) mass is 339 g/mol. The second-order valence-corrected chi connectivity index (χ2v) is 8.45. The van der Waals surface area contributed by atoms with Crippen LogP contribution < -0.4 is 9.62 Å². The van der Waals surface area contributed by atoms with E-state index in [-0.39, 0.29) is 11.8 Å². The summed E-state index contributed by atoms with van der Waals surface area (Å²) in [4.78, 5) is 4.48. The Bertz CT molecular complexity index is 578. The lowest BCUT2D eigenvalue weighted by atomic mass is 10.0. The zero-order valence-electron chi connectivity index (χ0n) is 14.5. The van der Waals surface area contributed by atoms with Crippen molar-refractivity contribution in [3.05, 3.63) is 29.8 Å². The predicted octanol–water partition coefficient (Wildman–Crippen LogP) is 2.22. The number of piperidine rings is 1. The number of hydrogen-bond donors (Lipinski definition) is 1. The summed E-state index contributed by atoms with van der Waals surface area (Å²) in [5, 5.41) is 0. The molecule has 1 heterocycles. The molecule has 0 amide bonds. The third-order valence-electron chi connectivity index (χ3n) is 4.50. The minimum Gasteiger partial charge on any atom is -0.378 e. The summed E-state index contributed by atoms with van der Waals surface area (Å²) in [5.74, 6) is 0.124. The molecule has 6 heteroatoms. The molecule has 1 aliphatic rings. The average Bonchev–Trinajstić information content (AvgIpc) is 2.56. The lowest BCUT2D eigenvalue weighted by Crippen LogP contribution is -2.41. The molecule has 1 atom stereocenters. The topological polar surface area (TPSA) is 52.7 Å². The molecule has 0 aliphatic carbocycles. The van der Waals surface area contributed by atoms with Gasteiger partial charge in [0.2, 0.25) is 10.0 Å². The Morgan fingerprint density at radius 1 is 1.13 bits per heavy atom. The zero-order valence-corrected chi connectivity index (χ0v) is 15.3. The van der Waals surface area contributed by atoms with Crippen molar-refractivity contribution < 1.29 is 8.42 Å². The highest BCUT2D eigenvalue weighted by Gasteiger charge is 2.23. The largest absolute Gasteiger partial charge is 0.378 e. The van der Waals surface area contributed by atoms with E-state index in [0.717, 1.165) is 18.8 Å². The Labute approximate surface area is 140 Å². The van der Waals surface area contributed by atoms with Crippen LogP contribution in [0, 0.1) is 0 Å². The quantitative estimate of drug-likeness (QED) is 0.828. The molecular formula is C17H29N3O2S. The number of nitrogens with one attached hydrogen (secondary N) is 1. The number of benzene rings is 1. The van der Waals surface area contributed by atoms with Crippen molar-refractivity contribution in [2.24, 2.45) is 0 Å². The van der Waals surface area contributed by atoms with E-state index in [1.165, 1.54) is 24.8 Å². The molecule has 1 aromatic carbocycles. The summed E-state index contributed by atoms with van der Waals surface area (Å²) in [7, 11) is 0.873. The third-order valence-corrected chi connectivity index (χ3v) is 5.87. The summed E-state index contributed by atoms with van der Waals surface area (Å²) in [6, 6.07) is 8.54. The van der Waals surface area contributed by atoms with Crippen molar-refractivity contribution in [3.63, 3.8) is 0 Å². The lowest BCUT2D eigenvalue weighted by Gasteiger charge is -2.35. The van der Waals surface area contributed by atoms with Gasteiger partial charge in [0.15, 0.2) is 0 Å². The first kappa shape index (κ1) is 18.2. The Kier molecular flexibility index (Phi) is 6.44. The summed E-state index contributed by atoms with van der Waals surface area (Å²) < 4.78 is 26.4. The second kappa shape index (κ2) is 8.13. The van der Waals surface area contributed by atoms with Gasteiger partial charge in [0.05, 0.1) is 5.75 Å². The number of anilines is 1. The van der Waals surface area contributed by atoms with E-state index in [2.05, 4.69) is 38.8 Å². The van der Waals surface area contributed by atoms with Crippen LogP contribution in [-0.2, 0) is 10.0 Å². The summed E-state index contributed by atoms with van der Waals surface area (Å²) in [6.45, 7) is 4.18. The minimum atomic E-state index is -3.17. The van der Waals surface area contributed by atoms with Gasteiger partial charge in [0.25, 0.3) is 0 Å². The molecule has 0 saturated carbocycles. The van der Waals surface area contributed by atoms with E-state index >= 15 is 0 Å². The molecule has 1 unspecified atom stereocenters. The van der Waals surface area contributed by atoms with Crippen LogP contribution in [0.2, 0.25) is 0 Å². The van der Waals surface area contributed by atoms with Crippen molar-refractivity contribution >= 4 is 15.7 Å². The van der Waals surface area contributed by atoms with Gasteiger partial charge in [0.1, 0.15) is 0 Å². The van der Waals surface area contributed by atoms with Gasteiger partial charge in [-0.05, 0) is 50.6 Å². The smallest absolute Gasteiger partial charge is 0.211 e. The average molecular weight is 340 g/mol. The van der Waals surface area contributed by atoms with Crippen LogP contribution in [0.5, 0.6) is 0 Å². The van der Waals surface area contributed by atoms with Gasteiger partial charge < -0.3 is 4.90 Å². The van der Waals surface area contributed by atoms with Gasteiger partial charge in [-0.2, -0.15) is 0 Å². The number of rotatable bonds is 7. The van der Waals surface area contributed by atoms with Gasteiger partial charge >= 0.3 is 0 Å². The van der Waals surface area contributed by atoms with Crippen molar-refractivity contribution in [2.45, 2.75) is 32.2 Å². The van der Waals surface area contributed by atoms with Crippen molar-refractivity contribution in [2.75, 3.05) is 44.4 Å². The van der Waals surface area contributed by atoms with Crippen LogP contribution >= 0.6 is 0 Å². The van der Waals surface area contributed by atoms with Crippen LogP contribution in [0.1, 0.15) is 37.8 Å². The fourth-order valence-corrected chi connectivity index (χ4v) is 3.61. The molecule has 0 radical (unpaired) electrons. The van der Waals surface area contributed by atoms with E-state index in [0.29, 0.717) is 6.54 Å². The molecule has 2 rings (SSSR count). The van der Waals surface area contributed by atoms with Crippen LogP contribution in [0.25, 0.3) is 0 Å². The first-order valence-electron chi connectivity index (χ1n) is 8.41. The van der Waals surface area contributed by atoms with Gasteiger partial charge in [0, 0.05) is 32.4 Å². The van der Waals surface area contributed by atoms with Crippen LogP contribution in [-0.4, -0.2) is 52.8 Å². The van der Waals surface area contributed by atoms with Crippen molar-refractivity contribution in [3.8, 4) is 0 Å². The Morgan fingerprint density at radius 3 is 2.26 bits per heavy atom. The Morgan fingerprint density at radius 2 is 1.74 bits per heavy atom. The van der Waals surface area contributed by atoms with Crippen molar-refractivity contribution in [1.82, 2.24) is 9.62 Å². The van der Waals surface area contributed by atoms with Crippen LogP contribution in [0.15, 0.2) is 24.3 Å². The molecule has 1 N–H and O–H groups in total. The van der Waals surface area contributed by atoms with E-state index in [4.69, 9.17) is 0 Å². The molecule has 1 fully saturated rings. The highest BCUT2D eigenvalue weighted by atomic mass is 32.2. The van der Waals surface area contributed by atoms with Gasteiger partial charge in [-0.25, -0.2) is 13.1 Å². The fourth-order valence-electron chi connectivity index (χ4n) is 2.99. The van der Waals surface area contributed by atoms with Gasteiger partial charge in [-0.1, -0.05) is 18.6 Å². The van der Waals surface area contributed by atoms with E-state index < -0.39 is 10.0 Å². The summed E-state index contributed by atoms with van der Waals surface area (Å²) in [6.07, 6.45) is 3.64. The molecule has 23 heavy (non-hydrogen) atoms. The Hall–Kier alpha value is -1.11. The van der Waals surface area contributed by atoms with E-state index in [1.807, 2.05) is 14.1 Å². The molecule has 0 spiro atoms. The lowest BCUT2D eigenvalue weighted by molar-refractivity contribution is 0.165. The maximum Gasteiger partial charge on any atom is 0.211 e. The normalized spacial score (nSPS) is 17.9. The number of nitrogens with zero attached hydrogens (tertiary/aromatic N) is 2. The maximum atomic E-state index is 11.8. The highest BCUT2D eigenvalue weighted by Crippen LogP contribution is 2.26. The first-order valence-corrected chi connectivity index (χ1v) is 10.1. The van der Waals surface area contributed by atoms with Crippen LogP contribution in [0.3, 0.4) is 0 Å². The molecule has 5 nitrogen and oxygen atoms in total. The summed E-state index contributed by atoms with van der Waals surface area (Å²) in [5.41, 5.74) is 2.33. The number of likely N-dealkylation sites (tertiary alicyclic amines) is 1. The molecule has 1 saturated heterocycles. The molecule has 1 aliphatic heterocycles. The number of hydrogen-bond acceptors (Lipinski definition) is 4. The maximum absolute atomic E-state index is 11.8. The summed E-state index contributed by atoms with van der Waals surface area (Å²) >= 11 is 0. The standard InChI is InChI=1S/C17H29N3O2S/c1-4-23(21,22)18-14-17(20-12-6-5-7-13-20)15-8-10-16(11-9-15)19(2)3/h8-11,17-18H,4-7,12-14H2,1-3H3. The molecule has 0 aromatic heterocycles. The predicted molar refractivity (Wildman–Crippen MR) is 96.4 cm³/mol. The number of sulfonamides is 1. The van der Waals surface area contributed by atoms with Crippen LogP contribution in [0.4, 0.5) is 5.69 Å². The van der Waals surface area contributed by atoms with Crippen molar-refractivity contribution in [1.29, 1.82) is 0 Å². The first-order chi connectivity index (χ1) is 10.9. The fraction of sp³-hybridized carbons (Fsp3) is 0.647. The second-order valence-electron chi connectivity index (χ2n) is 6.35. The third kappa shape index (κ3) is 5.19. The van der Waals surface area contributed by atoms with Gasteiger partial charge in [-0.3, -0.25) is 4.90 Å². The molecular weight excluding hydrogens is 310 g/mol. The minimum absolute atomic E-state index is 0.104. The van der Waals surface area contributed by atoms with E-state index in [9.17, 15) is 8.42 Å². The Balaban J connectivity index is 2.17. The molecule has 130 valence electrons. The van der Waals surface area contributed by atoms with Gasteiger partial charge in [-0.15, -0.1) is 0 Å². The molecule has 1 aromatic rings. The zero-order chi connectivity index (χ0) is 16.9. The van der Waals surface area contributed by atoms with E-state index in [1.54, 1.807) is 6.92 Å².